The molecular formula is C21H14Cl2N4O3S. The van der Waals surface area contributed by atoms with Gasteiger partial charge in [0.25, 0.3) is 11.8 Å². The van der Waals surface area contributed by atoms with Crippen LogP contribution in [0.4, 0.5) is 11.4 Å². The molecule has 7 nitrogen and oxygen atoms in total. The van der Waals surface area contributed by atoms with E-state index >= 15 is 0 Å². The Morgan fingerprint density at radius 3 is 2.84 bits per heavy atom. The molecule has 2 amide bonds. The molecule has 1 aliphatic rings. The molecule has 0 aliphatic carbocycles. The molecule has 0 unspecified atom stereocenters. The minimum Gasteiger partial charge on any atom is -0.482 e. The number of halogens is 2. The summed E-state index contributed by atoms with van der Waals surface area (Å²) in [4.78, 5) is 25.7. The Morgan fingerprint density at radius 2 is 2.03 bits per heavy atom. The van der Waals surface area contributed by atoms with Crippen LogP contribution in [0.25, 0.3) is 15.9 Å². The first-order valence-corrected chi connectivity index (χ1v) is 10.8. The number of carbonyl (C=O) groups excluding carboxylic acids is 2. The Bertz CT molecular complexity index is 1380. The van der Waals surface area contributed by atoms with Crippen LogP contribution in [-0.2, 0) is 4.79 Å². The third-order valence-electron chi connectivity index (χ3n) is 4.80. The molecule has 3 heterocycles. The predicted molar refractivity (Wildman–Crippen MR) is 122 cm³/mol. The third-order valence-corrected chi connectivity index (χ3v) is 6.54. The number of aromatic nitrogens is 2. The van der Waals surface area contributed by atoms with Crippen LogP contribution < -0.4 is 15.4 Å². The number of aryl methyl sites for hydroxylation is 1. The topological polar surface area (TPSA) is 85.3 Å². The number of amides is 2. The van der Waals surface area contributed by atoms with E-state index in [-0.39, 0.29) is 23.4 Å². The molecule has 2 aromatic heterocycles. The first kappa shape index (κ1) is 19.9. The van der Waals surface area contributed by atoms with Crippen LogP contribution in [0.1, 0.15) is 15.4 Å². The zero-order chi connectivity index (χ0) is 21.7. The van der Waals surface area contributed by atoms with Gasteiger partial charge in [0, 0.05) is 11.5 Å². The van der Waals surface area contributed by atoms with Crippen molar-refractivity contribution in [3.8, 4) is 11.4 Å². The minimum absolute atomic E-state index is 0.0871. The highest BCUT2D eigenvalue weighted by atomic mass is 35.5. The fourth-order valence-electron chi connectivity index (χ4n) is 3.33. The van der Waals surface area contributed by atoms with E-state index in [2.05, 4.69) is 15.7 Å². The molecule has 0 atom stereocenters. The van der Waals surface area contributed by atoms with Gasteiger partial charge in [0.1, 0.15) is 10.6 Å². The van der Waals surface area contributed by atoms with Crippen LogP contribution in [-0.4, -0.2) is 28.2 Å². The smallest absolute Gasteiger partial charge is 0.265 e. The van der Waals surface area contributed by atoms with Gasteiger partial charge in [-0.3, -0.25) is 9.59 Å². The average molecular weight is 473 g/mol. The van der Waals surface area contributed by atoms with E-state index in [0.29, 0.717) is 27.0 Å². The van der Waals surface area contributed by atoms with Crippen molar-refractivity contribution in [2.75, 3.05) is 17.2 Å². The van der Waals surface area contributed by atoms with Gasteiger partial charge in [0.2, 0.25) is 0 Å². The van der Waals surface area contributed by atoms with Crippen LogP contribution >= 0.6 is 34.5 Å². The van der Waals surface area contributed by atoms with Crippen molar-refractivity contribution in [3.63, 3.8) is 0 Å². The Kier molecular flexibility index (Phi) is 4.85. The molecule has 0 fully saturated rings. The lowest BCUT2D eigenvalue weighted by Crippen LogP contribution is -2.25. The zero-order valence-electron chi connectivity index (χ0n) is 16.0. The van der Waals surface area contributed by atoms with Gasteiger partial charge in [-0.05, 0) is 31.2 Å². The molecule has 5 rings (SSSR count). The van der Waals surface area contributed by atoms with E-state index in [1.54, 1.807) is 28.9 Å². The molecule has 0 spiro atoms. The first-order valence-electron chi connectivity index (χ1n) is 9.22. The number of carbonyl (C=O) groups is 2. The summed E-state index contributed by atoms with van der Waals surface area (Å²) < 4.78 is 7.15. The van der Waals surface area contributed by atoms with Crippen LogP contribution in [0.3, 0.4) is 0 Å². The third kappa shape index (κ3) is 3.52. The number of para-hydroxylation sites is 1. The molecule has 156 valence electrons. The average Bonchev–Trinajstić information content (AvgIpc) is 3.30. The van der Waals surface area contributed by atoms with Crippen LogP contribution in [0.15, 0.2) is 42.5 Å². The second-order valence-corrected chi connectivity index (χ2v) is 8.74. The molecule has 1 aliphatic heterocycles. The maximum atomic E-state index is 13.0. The summed E-state index contributed by atoms with van der Waals surface area (Å²) in [5, 5.41) is 11.8. The Balaban J connectivity index is 1.48. The molecule has 2 N–H and O–H groups in total. The summed E-state index contributed by atoms with van der Waals surface area (Å²) in [6, 6.07) is 12.3. The summed E-state index contributed by atoms with van der Waals surface area (Å²) in [6.45, 7) is 1.80. The largest absolute Gasteiger partial charge is 0.482 e. The predicted octanol–water partition coefficient (Wildman–Crippen LogP) is 5.29. The van der Waals surface area contributed by atoms with Crippen molar-refractivity contribution in [2.24, 2.45) is 0 Å². The van der Waals surface area contributed by atoms with Crippen LogP contribution in [0, 0.1) is 6.92 Å². The van der Waals surface area contributed by atoms with Crippen molar-refractivity contribution < 1.29 is 14.3 Å². The fourth-order valence-corrected chi connectivity index (χ4v) is 4.82. The molecular weight excluding hydrogens is 459 g/mol. The quantitative estimate of drug-likeness (QED) is 0.424. The molecule has 0 saturated heterocycles. The van der Waals surface area contributed by atoms with E-state index in [1.165, 1.54) is 11.3 Å². The lowest BCUT2D eigenvalue weighted by Gasteiger charge is -2.19. The standard InChI is InChI=1S/C21H14Cl2N4O3S/c1-10-11-6-18(31-21(11)27(26-10)16-5-3-2-4-12(16)22)20(29)25-14-8-17-15(7-13(14)23)24-19(28)9-30-17/h2-8H,9H2,1H3,(H,24,28)(H,25,29). The van der Waals surface area contributed by atoms with Gasteiger partial charge in [-0.2, -0.15) is 5.10 Å². The second-order valence-electron chi connectivity index (χ2n) is 6.90. The highest BCUT2D eigenvalue weighted by molar-refractivity contribution is 7.20. The van der Waals surface area contributed by atoms with E-state index in [9.17, 15) is 9.59 Å². The Morgan fingerprint density at radius 1 is 1.23 bits per heavy atom. The van der Waals surface area contributed by atoms with Crippen LogP contribution in [0.5, 0.6) is 5.75 Å². The van der Waals surface area contributed by atoms with Crippen molar-refractivity contribution in [2.45, 2.75) is 6.92 Å². The lowest BCUT2D eigenvalue weighted by atomic mass is 10.2. The van der Waals surface area contributed by atoms with Gasteiger partial charge in [-0.1, -0.05) is 35.3 Å². The summed E-state index contributed by atoms with van der Waals surface area (Å²) >= 11 is 13.9. The summed E-state index contributed by atoms with van der Waals surface area (Å²) in [5.74, 6) is -0.123. The summed E-state index contributed by atoms with van der Waals surface area (Å²) in [7, 11) is 0. The molecule has 31 heavy (non-hydrogen) atoms. The fraction of sp³-hybridized carbons (Fsp3) is 0.0952. The molecule has 4 aromatic rings. The van der Waals surface area contributed by atoms with E-state index < -0.39 is 0 Å². The normalized spacial score (nSPS) is 12.9. The second kappa shape index (κ2) is 7.56. The maximum absolute atomic E-state index is 13.0. The van der Waals surface area contributed by atoms with Gasteiger partial charge < -0.3 is 15.4 Å². The number of hydrogen-bond donors (Lipinski definition) is 2. The summed E-state index contributed by atoms with van der Waals surface area (Å²) in [6.07, 6.45) is 0. The Hall–Kier alpha value is -3.07. The number of benzene rings is 2. The number of thiophene rings is 1. The molecule has 2 aromatic carbocycles. The van der Waals surface area contributed by atoms with Crippen molar-refractivity contribution in [1.82, 2.24) is 9.78 Å². The molecule has 0 bridgehead atoms. The maximum Gasteiger partial charge on any atom is 0.265 e. The number of anilines is 2. The lowest BCUT2D eigenvalue weighted by molar-refractivity contribution is -0.118. The number of nitrogens with one attached hydrogen (secondary N) is 2. The van der Waals surface area contributed by atoms with Gasteiger partial charge in [-0.15, -0.1) is 11.3 Å². The number of hydrogen-bond acceptors (Lipinski definition) is 5. The number of ether oxygens (including phenoxy) is 1. The first-order chi connectivity index (χ1) is 14.9. The van der Waals surface area contributed by atoms with Crippen LogP contribution in [0.2, 0.25) is 10.0 Å². The zero-order valence-corrected chi connectivity index (χ0v) is 18.4. The van der Waals surface area contributed by atoms with Crippen molar-refractivity contribution >= 4 is 67.9 Å². The number of rotatable bonds is 3. The minimum atomic E-state index is -0.312. The molecule has 0 radical (unpaired) electrons. The highest BCUT2D eigenvalue weighted by Gasteiger charge is 2.21. The van der Waals surface area contributed by atoms with Gasteiger partial charge >= 0.3 is 0 Å². The highest BCUT2D eigenvalue weighted by Crippen LogP contribution is 2.37. The monoisotopic (exact) mass is 472 g/mol. The molecule has 0 saturated carbocycles. The Labute approximate surface area is 190 Å². The molecule has 10 heteroatoms. The SMILES string of the molecule is Cc1nn(-c2ccccc2Cl)c2sc(C(=O)Nc3cc4c(cc3Cl)NC(=O)CO4)cc12. The van der Waals surface area contributed by atoms with Crippen molar-refractivity contribution in [3.05, 3.63) is 63.1 Å². The van der Waals surface area contributed by atoms with Gasteiger partial charge in [-0.25, -0.2) is 4.68 Å². The van der Waals surface area contributed by atoms with Gasteiger partial charge in [0.15, 0.2) is 6.61 Å². The van der Waals surface area contributed by atoms with Crippen molar-refractivity contribution in [1.29, 1.82) is 0 Å². The number of nitrogens with zero attached hydrogens (tertiary/aromatic N) is 2. The van der Waals surface area contributed by atoms with Gasteiger partial charge in [0.05, 0.1) is 37.7 Å². The van der Waals surface area contributed by atoms with E-state index in [0.717, 1.165) is 21.6 Å². The van der Waals surface area contributed by atoms with E-state index in [1.807, 2.05) is 25.1 Å². The van der Waals surface area contributed by atoms with E-state index in [4.69, 9.17) is 27.9 Å². The summed E-state index contributed by atoms with van der Waals surface area (Å²) in [5.41, 5.74) is 2.40. The number of fused-ring (bicyclic) bond motifs is 2.